The summed E-state index contributed by atoms with van der Waals surface area (Å²) >= 11 is 1.00. The highest BCUT2D eigenvalue weighted by molar-refractivity contribution is 8.02. The van der Waals surface area contributed by atoms with Crippen molar-refractivity contribution < 1.29 is 19.8 Å². The van der Waals surface area contributed by atoms with Crippen LogP contribution in [-0.2, 0) is 9.59 Å². The minimum Gasteiger partial charge on any atom is -0.480 e. The summed E-state index contributed by atoms with van der Waals surface area (Å²) in [5.74, 6) is -1.90. The van der Waals surface area contributed by atoms with Crippen molar-refractivity contribution in [3.8, 4) is 0 Å². The highest BCUT2D eigenvalue weighted by Crippen LogP contribution is 2.34. The van der Waals surface area contributed by atoms with E-state index < -0.39 is 21.9 Å². The number of carbonyl (C=O) groups is 2. The van der Waals surface area contributed by atoms with Crippen LogP contribution < -0.4 is 0 Å². The minimum atomic E-state index is -0.992. The smallest absolute Gasteiger partial charge is 0.319 e. The van der Waals surface area contributed by atoms with Crippen LogP contribution in [0.1, 0.15) is 40.0 Å². The van der Waals surface area contributed by atoms with Crippen LogP contribution in [0.3, 0.4) is 0 Å². The zero-order valence-corrected chi connectivity index (χ0v) is 10.1. The highest BCUT2D eigenvalue weighted by Gasteiger charge is 2.36. The van der Waals surface area contributed by atoms with Gasteiger partial charge in [-0.15, -0.1) is 11.8 Å². The van der Waals surface area contributed by atoms with Gasteiger partial charge in [-0.1, -0.05) is 19.8 Å². The van der Waals surface area contributed by atoms with Gasteiger partial charge in [-0.3, -0.25) is 9.59 Å². The summed E-state index contributed by atoms with van der Waals surface area (Å²) < 4.78 is -0.992. The van der Waals surface area contributed by atoms with Gasteiger partial charge >= 0.3 is 11.9 Å². The first-order chi connectivity index (χ1) is 6.83. The third-order valence-electron chi connectivity index (χ3n) is 2.24. The van der Waals surface area contributed by atoms with Gasteiger partial charge < -0.3 is 10.2 Å². The molecular formula is C10H18O4S. The van der Waals surface area contributed by atoms with Gasteiger partial charge in [0.2, 0.25) is 0 Å². The molecule has 0 aromatic carbocycles. The van der Waals surface area contributed by atoms with Gasteiger partial charge in [0.25, 0.3) is 0 Å². The van der Waals surface area contributed by atoms with E-state index >= 15 is 0 Å². The van der Waals surface area contributed by atoms with E-state index in [0.717, 1.165) is 24.6 Å². The Bertz CT molecular complexity index is 242. The lowest BCUT2D eigenvalue weighted by Gasteiger charge is -2.25. The molecule has 5 heteroatoms. The number of hydrogen-bond acceptors (Lipinski definition) is 3. The first-order valence-corrected chi connectivity index (χ1v) is 5.85. The molecule has 15 heavy (non-hydrogen) atoms. The average Bonchev–Trinajstić information content (AvgIpc) is 2.14. The van der Waals surface area contributed by atoms with Crippen LogP contribution in [0.4, 0.5) is 0 Å². The third-order valence-corrected chi connectivity index (χ3v) is 3.70. The van der Waals surface area contributed by atoms with Gasteiger partial charge in [-0.05, 0) is 20.3 Å². The van der Waals surface area contributed by atoms with E-state index in [0.29, 0.717) is 6.42 Å². The normalized spacial score (nSPS) is 16.7. The molecule has 0 spiro atoms. The molecule has 0 rings (SSSR count). The molecule has 2 N–H and O–H groups in total. The lowest BCUT2D eigenvalue weighted by atomic mass is 10.0. The Hall–Kier alpha value is -0.710. The molecule has 0 aromatic rings. The SMILES string of the molecule is CCCCC(C)(SC(C)C(=O)O)C(=O)O. The second kappa shape index (κ2) is 6.00. The molecule has 0 saturated heterocycles. The lowest BCUT2D eigenvalue weighted by molar-refractivity contribution is -0.139. The average molecular weight is 234 g/mol. The van der Waals surface area contributed by atoms with Crippen molar-refractivity contribution in [1.29, 1.82) is 0 Å². The molecule has 0 fully saturated rings. The molecule has 2 atom stereocenters. The molecule has 88 valence electrons. The molecular weight excluding hydrogens is 216 g/mol. The van der Waals surface area contributed by atoms with Crippen LogP contribution in [0, 0.1) is 0 Å². The number of carboxylic acids is 2. The molecule has 2 unspecified atom stereocenters. The Labute approximate surface area is 94.1 Å². The summed E-state index contributed by atoms with van der Waals surface area (Å²) in [7, 11) is 0. The van der Waals surface area contributed by atoms with E-state index in [2.05, 4.69) is 0 Å². The summed E-state index contributed by atoms with van der Waals surface area (Å²) in [5, 5.41) is 17.1. The number of thioether (sulfide) groups is 1. The van der Waals surface area contributed by atoms with Gasteiger partial charge in [-0.2, -0.15) is 0 Å². The quantitative estimate of drug-likeness (QED) is 0.706. The topological polar surface area (TPSA) is 74.6 Å². The number of carboxylic acid groups (broad SMARTS) is 2. The Morgan fingerprint density at radius 1 is 1.40 bits per heavy atom. The molecule has 0 heterocycles. The number of aliphatic carboxylic acids is 2. The maximum atomic E-state index is 11.1. The van der Waals surface area contributed by atoms with Crippen molar-refractivity contribution in [3.05, 3.63) is 0 Å². The first-order valence-electron chi connectivity index (χ1n) is 4.97. The van der Waals surface area contributed by atoms with E-state index in [1.165, 1.54) is 6.92 Å². The van der Waals surface area contributed by atoms with Gasteiger partial charge in [0.05, 0.1) is 0 Å². The summed E-state index contributed by atoms with van der Waals surface area (Å²) in [4.78, 5) is 21.7. The van der Waals surface area contributed by atoms with E-state index in [-0.39, 0.29) is 0 Å². The zero-order valence-electron chi connectivity index (χ0n) is 9.32. The van der Waals surface area contributed by atoms with Crippen LogP contribution in [0.15, 0.2) is 0 Å². The van der Waals surface area contributed by atoms with Crippen molar-refractivity contribution in [1.82, 2.24) is 0 Å². The largest absolute Gasteiger partial charge is 0.480 e. The molecule has 0 bridgehead atoms. The third kappa shape index (κ3) is 4.55. The molecule has 4 nitrogen and oxygen atoms in total. The summed E-state index contributed by atoms with van der Waals surface area (Å²) in [5.41, 5.74) is 0. The van der Waals surface area contributed by atoms with Gasteiger partial charge in [0.1, 0.15) is 10.00 Å². The first kappa shape index (κ1) is 14.3. The monoisotopic (exact) mass is 234 g/mol. The Kier molecular flexibility index (Phi) is 5.72. The van der Waals surface area contributed by atoms with E-state index in [1.54, 1.807) is 6.92 Å². The second-order valence-electron chi connectivity index (χ2n) is 3.74. The maximum Gasteiger partial charge on any atom is 0.319 e. The van der Waals surface area contributed by atoms with Crippen LogP contribution in [0.25, 0.3) is 0 Å². The van der Waals surface area contributed by atoms with Gasteiger partial charge in [0, 0.05) is 0 Å². The standard InChI is InChI=1S/C10H18O4S/c1-4-5-6-10(3,9(13)14)15-7(2)8(11)12/h7H,4-6H2,1-3H3,(H,11,12)(H,13,14). The summed E-state index contributed by atoms with van der Waals surface area (Å²) in [6.07, 6.45) is 2.20. The number of rotatable bonds is 7. The molecule has 0 aromatic heterocycles. The predicted molar refractivity (Wildman–Crippen MR) is 60.3 cm³/mol. The number of hydrogen-bond donors (Lipinski definition) is 2. The molecule has 0 aliphatic rings. The molecule has 0 radical (unpaired) electrons. The summed E-state index contributed by atoms with van der Waals surface area (Å²) in [6, 6.07) is 0. The zero-order chi connectivity index (χ0) is 12.1. The van der Waals surface area contributed by atoms with Crippen LogP contribution >= 0.6 is 11.8 Å². The highest BCUT2D eigenvalue weighted by atomic mass is 32.2. The van der Waals surface area contributed by atoms with Crippen molar-refractivity contribution >= 4 is 23.7 Å². The lowest BCUT2D eigenvalue weighted by Crippen LogP contribution is -2.35. The Morgan fingerprint density at radius 2 is 1.93 bits per heavy atom. The van der Waals surface area contributed by atoms with E-state index in [9.17, 15) is 9.59 Å². The Balaban J connectivity index is 4.50. The van der Waals surface area contributed by atoms with E-state index in [4.69, 9.17) is 10.2 Å². The van der Waals surface area contributed by atoms with Gasteiger partial charge in [-0.25, -0.2) is 0 Å². The fourth-order valence-electron chi connectivity index (χ4n) is 1.17. The second-order valence-corrected chi connectivity index (χ2v) is 5.58. The van der Waals surface area contributed by atoms with Gasteiger partial charge in [0.15, 0.2) is 0 Å². The summed E-state index contributed by atoms with van der Waals surface area (Å²) in [6.45, 7) is 5.09. The molecule has 0 aliphatic carbocycles. The van der Waals surface area contributed by atoms with Crippen molar-refractivity contribution in [3.63, 3.8) is 0 Å². The molecule has 0 amide bonds. The molecule has 0 saturated carbocycles. The maximum absolute atomic E-state index is 11.1. The molecule has 0 aliphatic heterocycles. The van der Waals surface area contributed by atoms with Crippen molar-refractivity contribution in [2.24, 2.45) is 0 Å². The van der Waals surface area contributed by atoms with Crippen LogP contribution in [-0.4, -0.2) is 32.1 Å². The van der Waals surface area contributed by atoms with E-state index in [1.807, 2.05) is 6.92 Å². The Morgan fingerprint density at radius 3 is 2.27 bits per heavy atom. The van der Waals surface area contributed by atoms with Crippen molar-refractivity contribution in [2.75, 3.05) is 0 Å². The van der Waals surface area contributed by atoms with Crippen LogP contribution in [0.2, 0.25) is 0 Å². The number of unbranched alkanes of at least 4 members (excludes halogenated alkanes) is 1. The predicted octanol–water partition coefficient (Wildman–Crippen LogP) is 2.23. The minimum absolute atomic E-state index is 0.501. The van der Waals surface area contributed by atoms with Crippen LogP contribution in [0.5, 0.6) is 0 Å². The fourth-order valence-corrected chi connectivity index (χ4v) is 2.42. The van der Waals surface area contributed by atoms with Crippen molar-refractivity contribution in [2.45, 2.75) is 50.0 Å². The fraction of sp³-hybridized carbons (Fsp3) is 0.800.